The van der Waals surface area contributed by atoms with E-state index < -0.39 is 0 Å². The zero-order chi connectivity index (χ0) is 14.2. The van der Waals surface area contributed by atoms with E-state index in [0.29, 0.717) is 0 Å². The molecule has 0 heterocycles. The molecule has 0 aromatic rings. The van der Waals surface area contributed by atoms with E-state index in [0.717, 1.165) is 5.92 Å². The lowest BCUT2D eigenvalue weighted by molar-refractivity contribution is 0.466. The minimum Gasteiger partial charge on any atom is -0.103 e. The number of hydrogen-bond donors (Lipinski definition) is 0. The highest BCUT2D eigenvalue weighted by Gasteiger charge is 2.03. The third-order valence-electron chi connectivity index (χ3n) is 4.19. The molecule has 19 heavy (non-hydrogen) atoms. The van der Waals surface area contributed by atoms with Gasteiger partial charge in [-0.15, -0.1) is 6.58 Å². The second-order valence-corrected chi connectivity index (χ2v) is 6.11. The van der Waals surface area contributed by atoms with Gasteiger partial charge in [-0.2, -0.15) is 0 Å². The van der Waals surface area contributed by atoms with Crippen LogP contribution >= 0.6 is 0 Å². The van der Waals surface area contributed by atoms with Crippen molar-refractivity contribution in [1.29, 1.82) is 0 Å². The highest BCUT2D eigenvalue weighted by atomic mass is 14.1. The molecule has 0 N–H and O–H groups in total. The fourth-order valence-electron chi connectivity index (χ4n) is 2.75. The van der Waals surface area contributed by atoms with Gasteiger partial charge in [-0.1, -0.05) is 97.0 Å². The van der Waals surface area contributed by atoms with E-state index in [9.17, 15) is 0 Å². The minimum absolute atomic E-state index is 0.789. The zero-order valence-electron chi connectivity index (χ0n) is 13.8. The van der Waals surface area contributed by atoms with Crippen molar-refractivity contribution >= 4 is 0 Å². The Balaban J connectivity index is 3.32. The highest BCUT2D eigenvalue weighted by molar-refractivity contribution is 4.78. The molecule has 0 aliphatic carbocycles. The second kappa shape index (κ2) is 15.8. The first-order valence-electron chi connectivity index (χ1n) is 8.97. The van der Waals surface area contributed by atoms with Crippen LogP contribution in [0.3, 0.4) is 0 Å². The standard InChI is InChI=1S/C19H38/c1-4-7-9-11-13-15-17-19(6-3)18-16-14-12-10-8-5-2/h6,19H,3-5,7-18H2,1-2H3. The highest BCUT2D eigenvalue weighted by Crippen LogP contribution is 2.19. The monoisotopic (exact) mass is 266 g/mol. The van der Waals surface area contributed by atoms with Crippen molar-refractivity contribution in [2.75, 3.05) is 0 Å². The molecular weight excluding hydrogens is 228 g/mol. The van der Waals surface area contributed by atoms with Gasteiger partial charge < -0.3 is 0 Å². The number of allylic oxidation sites excluding steroid dienone is 1. The van der Waals surface area contributed by atoms with Gasteiger partial charge in [0, 0.05) is 0 Å². The average molecular weight is 267 g/mol. The van der Waals surface area contributed by atoms with E-state index in [1.165, 1.54) is 89.9 Å². The predicted octanol–water partition coefficient (Wildman–Crippen LogP) is 7.29. The Bertz CT molecular complexity index is 155. The largest absolute Gasteiger partial charge is 0.103 e. The van der Waals surface area contributed by atoms with Gasteiger partial charge in [0.15, 0.2) is 0 Å². The van der Waals surface area contributed by atoms with Crippen molar-refractivity contribution in [3.8, 4) is 0 Å². The van der Waals surface area contributed by atoms with Crippen LogP contribution in [-0.2, 0) is 0 Å². The molecule has 0 aromatic carbocycles. The van der Waals surface area contributed by atoms with E-state index in [4.69, 9.17) is 0 Å². The van der Waals surface area contributed by atoms with Crippen LogP contribution in [0.2, 0.25) is 0 Å². The summed E-state index contributed by atoms with van der Waals surface area (Å²) in [5, 5.41) is 0. The van der Waals surface area contributed by atoms with Crippen molar-refractivity contribution in [3.63, 3.8) is 0 Å². The van der Waals surface area contributed by atoms with Gasteiger partial charge in [-0.3, -0.25) is 0 Å². The van der Waals surface area contributed by atoms with E-state index in [2.05, 4.69) is 26.5 Å². The quantitative estimate of drug-likeness (QED) is 0.216. The molecule has 0 atom stereocenters. The molecule has 0 nitrogen and oxygen atoms in total. The fraction of sp³-hybridized carbons (Fsp3) is 0.895. The Morgan fingerprint density at radius 2 is 1.00 bits per heavy atom. The SMILES string of the molecule is C=CC(CCCCCCCC)CCCCCCCC. The molecule has 0 heteroatoms. The average Bonchev–Trinajstić information content (AvgIpc) is 2.44. The first kappa shape index (κ1) is 18.7. The molecule has 0 aliphatic heterocycles. The zero-order valence-corrected chi connectivity index (χ0v) is 13.8. The Hall–Kier alpha value is -0.260. The van der Waals surface area contributed by atoms with Crippen LogP contribution in [0.4, 0.5) is 0 Å². The summed E-state index contributed by atoms with van der Waals surface area (Å²) in [6.07, 6.45) is 22.0. The molecule has 0 saturated carbocycles. The van der Waals surface area contributed by atoms with Gasteiger partial charge in [0.25, 0.3) is 0 Å². The first-order valence-corrected chi connectivity index (χ1v) is 8.97. The number of hydrogen-bond acceptors (Lipinski definition) is 0. The van der Waals surface area contributed by atoms with Gasteiger partial charge in [-0.05, 0) is 18.8 Å². The van der Waals surface area contributed by atoms with E-state index in [1.54, 1.807) is 0 Å². The Morgan fingerprint density at radius 3 is 1.37 bits per heavy atom. The predicted molar refractivity (Wildman–Crippen MR) is 89.7 cm³/mol. The van der Waals surface area contributed by atoms with Crippen molar-refractivity contribution < 1.29 is 0 Å². The summed E-state index contributed by atoms with van der Waals surface area (Å²) in [6.45, 7) is 8.59. The van der Waals surface area contributed by atoms with E-state index >= 15 is 0 Å². The molecule has 0 unspecified atom stereocenters. The summed E-state index contributed by atoms with van der Waals surface area (Å²) in [5.74, 6) is 0.789. The van der Waals surface area contributed by atoms with Crippen LogP contribution in [0, 0.1) is 5.92 Å². The maximum Gasteiger partial charge on any atom is -0.0236 e. The molecule has 0 fully saturated rings. The van der Waals surface area contributed by atoms with E-state index in [-0.39, 0.29) is 0 Å². The molecule has 0 amide bonds. The molecule has 0 rings (SSSR count). The molecule has 0 spiro atoms. The molecule has 0 bridgehead atoms. The van der Waals surface area contributed by atoms with Gasteiger partial charge >= 0.3 is 0 Å². The summed E-state index contributed by atoms with van der Waals surface area (Å²) in [5.41, 5.74) is 0. The Labute approximate surface area is 123 Å². The van der Waals surface area contributed by atoms with Crippen LogP contribution in [0.25, 0.3) is 0 Å². The summed E-state index contributed by atoms with van der Waals surface area (Å²) in [6, 6.07) is 0. The summed E-state index contributed by atoms with van der Waals surface area (Å²) in [4.78, 5) is 0. The Morgan fingerprint density at radius 1 is 0.632 bits per heavy atom. The van der Waals surface area contributed by atoms with Crippen LogP contribution in [-0.4, -0.2) is 0 Å². The minimum atomic E-state index is 0.789. The Kier molecular flexibility index (Phi) is 15.6. The topological polar surface area (TPSA) is 0 Å². The summed E-state index contributed by atoms with van der Waals surface area (Å²) < 4.78 is 0. The molecule has 0 aliphatic rings. The van der Waals surface area contributed by atoms with Crippen molar-refractivity contribution in [1.82, 2.24) is 0 Å². The van der Waals surface area contributed by atoms with Gasteiger partial charge in [0.2, 0.25) is 0 Å². The second-order valence-electron chi connectivity index (χ2n) is 6.11. The van der Waals surface area contributed by atoms with Crippen LogP contribution in [0.1, 0.15) is 104 Å². The van der Waals surface area contributed by atoms with Gasteiger partial charge in [-0.25, -0.2) is 0 Å². The number of rotatable bonds is 15. The maximum absolute atomic E-state index is 4.02. The smallest absolute Gasteiger partial charge is 0.0236 e. The van der Waals surface area contributed by atoms with Crippen molar-refractivity contribution in [2.45, 2.75) is 104 Å². The third kappa shape index (κ3) is 14.0. The van der Waals surface area contributed by atoms with E-state index in [1.807, 2.05) is 0 Å². The van der Waals surface area contributed by atoms with Crippen LogP contribution in [0.15, 0.2) is 12.7 Å². The van der Waals surface area contributed by atoms with Crippen LogP contribution in [0.5, 0.6) is 0 Å². The molecular formula is C19H38. The van der Waals surface area contributed by atoms with Crippen molar-refractivity contribution in [3.05, 3.63) is 12.7 Å². The van der Waals surface area contributed by atoms with Gasteiger partial charge in [0.1, 0.15) is 0 Å². The summed E-state index contributed by atoms with van der Waals surface area (Å²) >= 11 is 0. The first-order chi connectivity index (χ1) is 9.35. The lowest BCUT2D eigenvalue weighted by Gasteiger charge is -2.12. The molecule has 0 aromatic heterocycles. The molecule has 114 valence electrons. The number of unbranched alkanes of at least 4 members (excludes halogenated alkanes) is 10. The fourth-order valence-corrected chi connectivity index (χ4v) is 2.75. The molecule has 0 saturated heterocycles. The lowest BCUT2D eigenvalue weighted by atomic mass is 9.94. The van der Waals surface area contributed by atoms with Crippen LogP contribution < -0.4 is 0 Å². The lowest BCUT2D eigenvalue weighted by Crippen LogP contribution is -1.96. The maximum atomic E-state index is 4.02. The summed E-state index contributed by atoms with van der Waals surface area (Å²) in [7, 11) is 0. The van der Waals surface area contributed by atoms with Gasteiger partial charge in [0.05, 0.1) is 0 Å². The normalized spacial score (nSPS) is 11.1. The third-order valence-corrected chi connectivity index (χ3v) is 4.19. The molecule has 0 radical (unpaired) electrons. The van der Waals surface area contributed by atoms with Crippen molar-refractivity contribution in [2.24, 2.45) is 5.92 Å².